The van der Waals surface area contributed by atoms with E-state index in [-0.39, 0.29) is 35.8 Å². The van der Waals surface area contributed by atoms with Crippen molar-refractivity contribution in [3.8, 4) is 5.75 Å². The number of aromatic nitrogens is 1. The van der Waals surface area contributed by atoms with Crippen molar-refractivity contribution in [2.75, 3.05) is 32.1 Å². The molecule has 0 aliphatic carbocycles. The van der Waals surface area contributed by atoms with E-state index in [9.17, 15) is 4.79 Å². The summed E-state index contributed by atoms with van der Waals surface area (Å²) in [7, 11) is 3.40. The fourth-order valence-electron chi connectivity index (χ4n) is 3.58. The molecule has 1 atom stereocenters. The van der Waals surface area contributed by atoms with Crippen molar-refractivity contribution in [2.45, 2.75) is 25.9 Å². The summed E-state index contributed by atoms with van der Waals surface area (Å²) in [6, 6.07) is 11.9. The maximum Gasteiger partial charge on any atom is 0.222 e. The molecule has 1 unspecified atom stereocenters. The van der Waals surface area contributed by atoms with E-state index in [1.54, 1.807) is 20.4 Å². The molecule has 1 aromatic heterocycles. The lowest BCUT2D eigenvalue weighted by Crippen LogP contribution is -2.42. The number of pyridine rings is 1. The molecule has 1 amide bonds. The van der Waals surface area contributed by atoms with Crippen molar-refractivity contribution >= 4 is 41.7 Å². The second kappa shape index (κ2) is 12.3. The third-order valence-corrected chi connectivity index (χ3v) is 5.28. The second-order valence-corrected chi connectivity index (χ2v) is 7.30. The number of guanidine groups is 1. The standard InChI is InChI=1S/C22H30N6O2.HI/c1-24-22(26-13-16-7-9-19(30-2)10-8-16)27-14-17-5-3-11-25-21(17)28-12-4-6-18(15-28)20(23)29;/h3,5,7-11,18H,4,6,12-15H2,1-2H3,(H2,23,29)(H2,24,26,27);1H. The predicted octanol–water partition coefficient (Wildman–Crippen LogP) is 2.28. The van der Waals surface area contributed by atoms with Crippen molar-refractivity contribution in [1.29, 1.82) is 0 Å². The molecule has 1 aliphatic heterocycles. The van der Waals surface area contributed by atoms with E-state index >= 15 is 0 Å². The van der Waals surface area contributed by atoms with Gasteiger partial charge in [0.15, 0.2) is 5.96 Å². The molecule has 1 aromatic carbocycles. The minimum atomic E-state index is -0.238. The number of carbonyl (C=O) groups excluding carboxylic acids is 1. The van der Waals surface area contributed by atoms with Crippen LogP contribution in [-0.2, 0) is 17.9 Å². The van der Waals surface area contributed by atoms with E-state index in [1.807, 2.05) is 36.4 Å². The molecule has 31 heavy (non-hydrogen) atoms. The number of nitrogens with two attached hydrogens (primary N) is 1. The average molecular weight is 538 g/mol. The number of halogens is 1. The second-order valence-electron chi connectivity index (χ2n) is 7.30. The van der Waals surface area contributed by atoms with Crippen molar-refractivity contribution in [3.63, 3.8) is 0 Å². The monoisotopic (exact) mass is 538 g/mol. The van der Waals surface area contributed by atoms with Gasteiger partial charge in [-0.2, -0.15) is 0 Å². The molecule has 8 nitrogen and oxygen atoms in total. The number of hydrogen-bond acceptors (Lipinski definition) is 5. The van der Waals surface area contributed by atoms with Gasteiger partial charge in [-0.15, -0.1) is 24.0 Å². The molecule has 1 saturated heterocycles. The summed E-state index contributed by atoms with van der Waals surface area (Å²) in [5, 5.41) is 6.67. The lowest BCUT2D eigenvalue weighted by atomic mass is 9.97. The van der Waals surface area contributed by atoms with Crippen LogP contribution in [-0.4, -0.2) is 44.1 Å². The number of primary amides is 1. The third-order valence-electron chi connectivity index (χ3n) is 5.28. The maximum absolute atomic E-state index is 11.6. The molecule has 4 N–H and O–H groups in total. The molecule has 2 aromatic rings. The normalized spacial score (nSPS) is 16.3. The molecular formula is C22H31IN6O2. The Morgan fingerprint density at radius 3 is 2.68 bits per heavy atom. The largest absolute Gasteiger partial charge is 0.497 e. The highest BCUT2D eigenvalue weighted by atomic mass is 127. The van der Waals surface area contributed by atoms with Gasteiger partial charge in [-0.25, -0.2) is 4.98 Å². The van der Waals surface area contributed by atoms with Gasteiger partial charge >= 0.3 is 0 Å². The zero-order chi connectivity index (χ0) is 21.3. The van der Waals surface area contributed by atoms with Crippen LogP contribution >= 0.6 is 24.0 Å². The number of piperidine rings is 1. The van der Waals surface area contributed by atoms with Crippen molar-refractivity contribution < 1.29 is 9.53 Å². The number of benzene rings is 1. The summed E-state index contributed by atoms with van der Waals surface area (Å²) in [6.07, 6.45) is 3.56. The SMILES string of the molecule is CN=C(NCc1ccc(OC)cc1)NCc1cccnc1N1CCCC(C(N)=O)C1.I. The van der Waals surface area contributed by atoms with E-state index in [2.05, 4.69) is 25.5 Å². The predicted molar refractivity (Wildman–Crippen MR) is 134 cm³/mol. The molecule has 9 heteroatoms. The number of ether oxygens (including phenoxy) is 1. The first-order valence-electron chi connectivity index (χ1n) is 10.2. The molecule has 0 radical (unpaired) electrons. The Hall–Kier alpha value is -2.56. The van der Waals surface area contributed by atoms with Gasteiger partial charge in [0.1, 0.15) is 11.6 Å². The van der Waals surface area contributed by atoms with Crippen LogP contribution in [0.25, 0.3) is 0 Å². The van der Waals surface area contributed by atoms with Crippen molar-refractivity contribution in [1.82, 2.24) is 15.6 Å². The average Bonchev–Trinajstić information content (AvgIpc) is 2.80. The van der Waals surface area contributed by atoms with Crippen LogP contribution in [0.4, 0.5) is 5.82 Å². The number of rotatable bonds is 7. The first kappa shape index (κ1) is 24.7. The first-order valence-corrected chi connectivity index (χ1v) is 10.2. The molecule has 0 spiro atoms. The van der Waals surface area contributed by atoms with E-state index in [1.165, 1.54) is 0 Å². The van der Waals surface area contributed by atoms with Gasteiger partial charge in [0.25, 0.3) is 0 Å². The van der Waals surface area contributed by atoms with Gasteiger partial charge < -0.3 is 26.0 Å². The minimum Gasteiger partial charge on any atom is -0.497 e. The van der Waals surface area contributed by atoms with Gasteiger partial charge in [0.05, 0.1) is 13.0 Å². The summed E-state index contributed by atoms with van der Waals surface area (Å²) in [6.45, 7) is 2.71. The number of methoxy groups -OCH3 is 1. The molecule has 2 heterocycles. The van der Waals surface area contributed by atoms with Crippen molar-refractivity contribution in [2.24, 2.45) is 16.6 Å². The maximum atomic E-state index is 11.6. The fraction of sp³-hybridized carbons (Fsp3) is 0.409. The van der Waals surface area contributed by atoms with E-state index in [4.69, 9.17) is 10.5 Å². The van der Waals surface area contributed by atoms with Crippen LogP contribution in [0.15, 0.2) is 47.6 Å². The number of nitrogens with zero attached hydrogens (tertiary/aromatic N) is 3. The van der Waals surface area contributed by atoms with Crippen LogP contribution in [0, 0.1) is 5.92 Å². The molecule has 1 fully saturated rings. The number of nitrogens with one attached hydrogen (secondary N) is 2. The highest BCUT2D eigenvalue weighted by molar-refractivity contribution is 14.0. The molecule has 0 saturated carbocycles. The molecular weight excluding hydrogens is 507 g/mol. The van der Waals surface area contributed by atoms with Gasteiger partial charge in [0.2, 0.25) is 5.91 Å². The molecule has 168 valence electrons. The smallest absolute Gasteiger partial charge is 0.222 e. The number of amides is 1. The van der Waals surface area contributed by atoms with Crippen LogP contribution in [0.1, 0.15) is 24.0 Å². The topological polar surface area (TPSA) is 105 Å². The van der Waals surface area contributed by atoms with E-state index < -0.39 is 0 Å². The highest BCUT2D eigenvalue weighted by Crippen LogP contribution is 2.24. The quantitative estimate of drug-likeness (QED) is 0.284. The van der Waals surface area contributed by atoms with Crippen LogP contribution in [0.5, 0.6) is 5.75 Å². The van der Waals surface area contributed by atoms with Gasteiger partial charge in [-0.1, -0.05) is 18.2 Å². The fourth-order valence-corrected chi connectivity index (χ4v) is 3.58. The van der Waals surface area contributed by atoms with Gasteiger partial charge in [0, 0.05) is 45.0 Å². The number of hydrogen-bond donors (Lipinski definition) is 3. The lowest BCUT2D eigenvalue weighted by molar-refractivity contribution is -0.122. The molecule has 0 bridgehead atoms. The van der Waals surface area contributed by atoms with Gasteiger partial charge in [-0.05, 0) is 36.6 Å². The Kier molecular flexibility index (Phi) is 9.83. The Balaban J connectivity index is 0.00000341. The van der Waals surface area contributed by atoms with Crippen molar-refractivity contribution in [3.05, 3.63) is 53.7 Å². The number of anilines is 1. The Bertz CT molecular complexity index is 875. The zero-order valence-electron chi connectivity index (χ0n) is 18.0. The Labute approximate surface area is 200 Å². The number of aliphatic imine (C=N–C) groups is 1. The summed E-state index contributed by atoms with van der Waals surface area (Å²) in [5.41, 5.74) is 7.71. The van der Waals surface area contributed by atoms with Crippen LogP contribution in [0.2, 0.25) is 0 Å². The minimum absolute atomic E-state index is 0. The van der Waals surface area contributed by atoms with E-state index in [0.29, 0.717) is 25.6 Å². The highest BCUT2D eigenvalue weighted by Gasteiger charge is 2.25. The Morgan fingerprint density at radius 1 is 1.26 bits per heavy atom. The summed E-state index contributed by atoms with van der Waals surface area (Å²) >= 11 is 0. The molecule has 3 rings (SSSR count). The first-order chi connectivity index (χ1) is 14.6. The van der Waals surface area contributed by atoms with Gasteiger partial charge in [-0.3, -0.25) is 9.79 Å². The summed E-state index contributed by atoms with van der Waals surface area (Å²) < 4.78 is 5.19. The zero-order valence-corrected chi connectivity index (χ0v) is 20.3. The molecule has 1 aliphatic rings. The summed E-state index contributed by atoms with van der Waals surface area (Å²) in [5.74, 6) is 2.07. The summed E-state index contributed by atoms with van der Waals surface area (Å²) in [4.78, 5) is 22.7. The van der Waals surface area contributed by atoms with Crippen LogP contribution < -0.4 is 26.0 Å². The lowest BCUT2D eigenvalue weighted by Gasteiger charge is -2.33. The van der Waals surface area contributed by atoms with E-state index in [0.717, 1.165) is 42.1 Å². The Morgan fingerprint density at radius 2 is 2.00 bits per heavy atom. The number of carbonyl (C=O) groups is 1. The van der Waals surface area contributed by atoms with Crippen LogP contribution in [0.3, 0.4) is 0 Å². The third kappa shape index (κ3) is 6.98.